The van der Waals surface area contributed by atoms with Gasteiger partial charge in [-0.05, 0) is 39.1 Å². The van der Waals surface area contributed by atoms with Gasteiger partial charge < -0.3 is 15.5 Å². The number of furan rings is 1. The third-order valence-corrected chi connectivity index (χ3v) is 4.12. The molecule has 0 radical (unpaired) electrons. The molecular weight excluding hydrogens is 254 g/mol. The Morgan fingerprint density at radius 2 is 2.25 bits per heavy atom. The van der Waals surface area contributed by atoms with E-state index in [2.05, 4.69) is 5.32 Å². The van der Waals surface area contributed by atoms with E-state index in [1.54, 1.807) is 6.26 Å². The van der Waals surface area contributed by atoms with Crippen molar-refractivity contribution < 1.29 is 9.21 Å². The van der Waals surface area contributed by atoms with Crippen molar-refractivity contribution in [2.24, 2.45) is 11.7 Å². The number of nitrogens with one attached hydrogen (secondary N) is 1. The van der Waals surface area contributed by atoms with Crippen molar-refractivity contribution in [1.29, 1.82) is 0 Å². The molecule has 0 aromatic carbocycles. The van der Waals surface area contributed by atoms with Crippen LogP contribution in [0.3, 0.4) is 0 Å². The zero-order chi connectivity index (χ0) is 14.5. The number of rotatable bonds is 5. The first-order valence-corrected chi connectivity index (χ1v) is 7.32. The summed E-state index contributed by atoms with van der Waals surface area (Å²) in [4.78, 5) is 14.3. The van der Waals surface area contributed by atoms with E-state index >= 15 is 0 Å². The Bertz CT molecular complexity index is 417. The SMILES string of the molecule is CN(C)C(CNC(=O)C1CCCCC1N)c1ccco1. The molecule has 1 heterocycles. The van der Waals surface area contributed by atoms with E-state index in [0.29, 0.717) is 6.54 Å². The number of hydrogen-bond donors (Lipinski definition) is 2. The number of hydrogen-bond acceptors (Lipinski definition) is 4. The lowest BCUT2D eigenvalue weighted by atomic mass is 9.84. The quantitative estimate of drug-likeness (QED) is 0.857. The van der Waals surface area contributed by atoms with Crippen LogP contribution in [-0.2, 0) is 4.79 Å². The van der Waals surface area contributed by atoms with E-state index in [1.165, 1.54) is 0 Å². The zero-order valence-corrected chi connectivity index (χ0v) is 12.3. The molecule has 3 atom stereocenters. The number of amides is 1. The van der Waals surface area contributed by atoms with Gasteiger partial charge in [0.05, 0.1) is 18.2 Å². The van der Waals surface area contributed by atoms with Crippen LogP contribution < -0.4 is 11.1 Å². The molecule has 3 unspecified atom stereocenters. The average Bonchev–Trinajstić information content (AvgIpc) is 2.92. The maximum atomic E-state index is 12.3. The first-order chi connectivity index (χ1) is 9.59. The molecule has 2 rings (SSSR count). The largest absolute Gasteiger partial charge is 0.468 e. The maximum Gasteiger partial charge on any atom is 0.224 e. The van der Waals surface area contributed by atoms with Crippen molar-refractivity contribution in [3.05, 3.63) is 24.2 Å². The molecule has 1 aliphatic rings. The summed E-state index contributed by atoms with van der Waals surface area (Å²) in [6.45, 7) is 0.544. The molecule has 5 heteroatoms. The second kappa shape index (κ2) is 6.90. The molecule has 5 nitrogen and oxygen atoms in total. The monoisotopic (exact) mass is 279 g/mol. The molecule has 0 bridgehead atoms. The van der Waals surface area contributed by atoms with Crippen LogP contribution in [-0.4, -0.2) is 37.5 Å². The van der Waals surface area contributed by atoms with Gasteiger partial charge in [0.1, 0.15) is 5.76 Å². The summed E-state index contributed by atoms with van der Waals surface area (Å²) < 4.78 is 5.44. The lowest BCUT2D eigenvalue weighted by Crippen LogP contribution is -2.45. The lowest BCUT2D eigenvalue weighted by molar-refractivity contribution is -0.126. The number of carbonyl (C=O) groups is 1. The fraction of sp³-hybridized carbons (Fsp3) is 0.667. The molecule has 1 fully saturated rings. The highest BCUT2D eigenvalue weighted by Gasteiger charge is 2.29. The highest BCUT2D eigenvalue weighted by atomic mass is 16.3. The van der Waals surface area contributed by atoms with Gasteiger partial charge in [0, 0.05) is 12.6 Å². The van der Waals surface area contributed by atoms with Gasteiger partial charge in [-0.25, -0.2) is 0 Å². The first-order valence-electron chi connectivity index (χ1n) is 7.32. The molecule has 0 spiro atoms. The highest BCUT2D eigenvalue weighted by molar-refractivity contribution is 5.79. The molecule has 1 saturated carbocycles. The maximum absolute atomic E-state index is 12.3. The Morgan fingerprint density at radius 1 is 1.50 bits per heavy atom. The Hall–Kier alpha value is -1.33. The number of nitrogens with zero attached hydrogens (tertiary/aromatic N) is 1. The van der Waals surface area contributed by atoms with Crippen LogP contribution in [0.25, 0.3) is 0 Å². The third-order valence-electron chi connectivity index (χ3n) is 4.12. The molecule has 112 valence electrons. The minimum atomic E-state index is -0.0387. The van der Waals surface area contributed by atoms with Crippen LogP contribution >= 0.6 is 0 Å². The Balaban J connectivity index is 1.90. The van der Waals surface area contributed by atoms with E-state index in [0.717, 1.165) is 31.4 Å². The second-order valence-corrected chi connectivity index (χ2v) is 5.79. The van der Waals surface area contributed by atoms with E-state index in [1.807, 2.05) is 31.1 Å². The molecule has 1 aromatic heterocycles. The highest BCUT2D eigenvalue weighted by Crippen LogP contribution is 2.23. The lowest BCUT2D eigenvalue weighted by Gasteiger charge is -2.29. The minimum Gasteiger partial charge on any atom is -0.468 e. The van der Waals surface area contributed by atoms with Gasteiger partial charge in [-0.2, -0.15) is 0 Å². The smallest absolute Gasteiger partial charge is 0.224 e. The zero-order valence-electron chi connectivity index (χ0n) is 12.3. The van der Waals surface area contributed by atoms with Gasteiger partial charge in [-0.15, -0.1) is 0 Å². The van der Waals surface area contributed by atoms with Crippen molar-refractivity contribution in [1.82, 2.24) is 10.2 Å². The minimum absolute atomic E-state index is 0.00479. The van der Waals surface area contributed by atoms with Crippen LogP contribution in [0.1, 0.15) is 37.5 Å². The topological polar surface area (TPSA) is 71.5 Å². The Morgan fingerprint density at radius 3 is 2.85 bits per heavy atom. The first kappa shape index (κ1) is 15.1. The summed E-state index contributed by atoms with van der Waals surface area (Å²) in [5, 5.41) is 3.03. The van der Waals surface area contributed by atoms with Crippen LogP contribution in [0.2, 0.25) is 0 Å². The average molecular weight is 279 g/mol. The van der Waals surface area contributed by atoms with E-state index in [9.17, 15) is 4.79 Å². The molecule has 3 N–H and O–H groups in total. The van der Waals surface area contributed by atoms with Crippen LogP contribution in [0.4, 0.5) is 0 Å². The predicted molar refractivity (Wildman–Crippen MR) is 78.1 cm³/mol. The standard InChI is InChI=1S/C15H25N3O2/c1-18(2)13(14-8-5-9-20-14)10-17-15(19)11-6-3-4-7-12(11)16/h5,8-9,11-13H,3-4,6-7,10,16H2,1-2H3,(H,17,19). The fourth-order valence-corrected chi connectivity index (χ4v) is 2.83. The molecule has 1 aromatic rings. The number of likely N-dealkylation sites (N-methyl/N-ethyl adjacent to an activating group) is 1. The molecule has 20 heavy (non-hydrogen) atoms. The summed E-state index contributed by atoms with van der Waals surface area (Å²) in [7, 11) is 3.96. The van der Waals surface area contributed by atoms with E-state index in [-0.39, 0.29) is 23.9 Å². The summed E-state index contributed by atoms with van der Waals surface area (Å²) in [6.07, 6.45) is 5.75. The van der Waals surface area contributed by atoms with Crippen molar-refractivity contribution >= 4 is 5.91 Å². The number of carbonyl (C=O) groups excluding carboxylic acids is 1. The summed E-state index contributed by atoms with van der Waals surface area (Å²) in [5.41, 5.74) is 6.05. The molecule has 1 aliphatic carbocycles. The van der Waals surface area contributed by atoms with Crippen molar-refractivity contribution in [3.63, 3.8) is 0 Å². The summed E-state index contributed by atoms with van der Waals surface area (Å²) in [6, 6.07) is 3.85. The van der Waals surface area contributed by atoms with Crippen LogP contribution in [0.15, 0.2) is 22.8 Å². The Labute approximate surface area is 120 Å². The summed E-state index contributed by atoms with van der Waals surface area (Å²) in [5.74, 6) is 0.905. The normalized spacial score (nSPS) is 24.6. The Kier molecular flexibility index (Phi) is 5.20. The predicted octanol–water partition coefficient (Wildman–Crippen LogP) is 1.52. The van der Waals surface area contributed by atoms with Crippen molar-refractivity contribution in [3.8, 4) is 0 Å². The van der Waals surface area contributed by atoms with Crippen LogP contribution in [0.5, 0.6) is 0 Å². The molecule has 0 aliphatic heterocycles. The fourth-order valence-electron chi connectivity index (χ4n) is 2.83. The van der Waals surface area contributed by atoms with Gasteiger partial charge >= 0.3 is 0 Å². The summed E-state index contributed by atoms with van der Waals surface area (Å²) >= 11 is 0. The van der Waals surface area contributed by atoms with Gasteiger partial charge in [0.2, 0.25) is 5.91 Å². The van der Waals surface area contributed by atoms with Gasteiger partial charge in [0.15, 0.2) is 0 Å². The molecule has 0 saturated heterocycles. The van der Waals surface area contributed by atoms with Gasteiger partial charge in [-0.1, -0.05) is 12.8 Å². The van der Waals surface area contributed by atoms with E-state index in [4.69, 9.17) is 10.2 Å². The number of nitrogens with two attached hydrogens (primary N) is 1. The third kappa shape index (κ3) is 3.61. The molecular formula is C15H25N3O2. The molecule has 1 amide bonds. The van der Waals surface area contributed by atoms with E-state index < -0.39 is 0 Å². The van der Waals surface area contributed by atoms with Gasteiger partial charge in [-0.3, -0.25) is 9.69 Å². The van der Waals surface area contributed by atoms with Crippen molar-refractivity contribution in [2.75, 3.05) is 20.6 Å². The van der Waals surface area contributed by atoms with Crippen LogP contribution in [0, 0.1) is 5.92 Å². The second-order valence-electron chi connectivity index (χ2n) is 5.79. The van der Waals surface area contributed by atoms with Gasteiger partial charge in [0.25, 0.3) is 0 Å². The van der Waals surface area contributed by atoms with Crippen molar-refractivity contribution in [2.45, 2.75) is 37.8 Å².